The Morgan fingerprint density at radius 3 is 2.89 bits per heavy atom. The van der Waals surface area contributed by atoms with E-state index in [0.29, 0.717) is 11.2 Å². The second kappa shape index (κ2) is 4.37. The van der Waals surface area contributed by atoms with Crippen molar-refractivity contribution in [1.29, 1.82) is 0 Å². The summed E-state index contributed by atoms with van der Waals surface area (Å²) in [4.78, 5) is 11.8. The third-order valence-electron chi connectivity index (χ3n) is 3.13. The van der Waals surface area contributed by atoms with Crippen molar-refractivity contribution >= 4 is 17.0 Å². The summed E-state index contributed by atoms with van der Waals surface area (Å²) in [5.74, 6) is 0.187. The standard InChI is InChI=1S/C10H12FN5O3/c11-5-4(1-17)19-10(7(5)18)16-3-15-6-8(12)13-2-14-9(6)16/h2-5,7,10,17-18H,1H2,(H2,12,13,14)/t4-,5?,7+,10-/m1/s1. The van der Waals surface area contributed by atoms with Gasteiger partial charge < -0.3 is 20.7 Å². The molecule has 4 atom stereocenters. The highest BCUT2D eigenvalue weighted by molar-refractivity contribution is 5.81. The van der Waals surface area contributed by atoms with Crippen molar-refractivity contribution in [1.82, 2.24) is 19.5 Å². The van der Waals surface area contributed by atoms with Gasteiger partial charge in [-0.05, 0) is 0 Å². The zero-order valence-corrected chi connectivity index (χ0v) is 9.72. The Morgan fingerprint density at radius 2 is 2.21 bits per heavy atom. The van der Waals surface area contributed by atoms with Gasteiger partial charge in [0.2, 0.25) is 0 Å². The van der Waals surface area contributed by atoms with Crippen molar-refractivity contribution in [3.05, 3.63) is 12.7 Å². The van der Waals surface area contributed by atoms with Gasteiger partial charge in [0, 0.05) is 0 Å². The smallest absolute Gasteiger partial charge is 0.167 e. The van der Waals surface area contributed by atoms with Crippen LogP contribution in [0.1, 0.15) is 6.23 Å². The summed E-state index contributed by atoms with van der Waals surface area (Å²) < 4.78 is 20.3. The number of hydrogen-bond acceptors (Lipinski definition) is 7. The maximum atomic E-state index is 13.7. The summed E-state index contributed by atoms with van der Waals surface area (Å²) in [6.45, 7) is -0.515. The number of hydrogen-bond donors (Lipinski definition) is 3. The molecule has 0 aliphatic carbocycles. The number of aliphatic hydroxyl groups excluding tert-OH is 2. The highest BCUT2D eigenvalue weighted by atomic mass is 19.1. The van der Waals surface area contributed by atoms with Gasteiger partial charge in [-0.3, -0.25) is 4.57 Å². The minimum Gasteiger partial charge on any atom is -0.394 e. The molecule has 1 aliphatic heterocycles. The van der Waals surface area contributed by atoms with Gasteiger partial charge in [0.1, 0.15) is 24.1 Å². The lowest BCUT2D eigenvalue weighted by Crippen LogP contribution is -2.29. The molecule has 8 nitrogen and oxygen atoms in total. The van der Waals surface area contributed by atoms with E-state index in [-0.39, 0.29) is 5.82 Å². The first-order valence-corrected chi connectivity index (χ1v) is 5.65. The number of aromatic nitrogens is 4. The second-order valence-electron chi connectivity index (χ2n) is 4.27. The molecule has 0 saturated carbocycles. The molecule has 1 unspecified atom stereocenters. The van der Waals surface area contributed by atoms with E-state index in [1.807, 2.05) is 0 Å². The molecular formula is C10H12FN5O3. The van der Waals surface area contributed by atoms with Crippen molar-refractivity contribution in [2.75, 3.05) is 12.3 Å². The number of halogens is 1. The van der Waals surface area contributed by atoms with Gasteiger partial charge in [-0.1, -0.05) is 0 Å². The number of nitrogens with two attached hydrogens (primary N) is 1. The first-order chi connectivity index (χ1) is 9.13. The molecule has 4 N–H and O–H groups in total. The molecule has 0 bridgehead atoms. The Bertz CT molecular complexity index is 606. The van der Waals surface area contributed by atoms with Crippen LogP contribution in [-0.2, 0) is 4.74 Å². The summed E-state index contributed by atoms with van der Waals surface area (Å²) in [6.07, 6.45) is -2.58. The highest BCUT2D eigenvalue weighted by Gasteiger charge is 2.45. The topological polar surface area (TPSA) is 119 Å². The van der Waals surface area contributed by atoms with E-state index in [1.165, 1.54) is 17.2 Å². The molecule has 19 heavy (non-hydrogen) atoms. The largest absolute Gasteiger partial charge is 0.394 e. The average molecular weight is 269 g/mol. The van der Waals surface area contributed by atoms with E-state index in [1.54, 1.807) is 0 Å². The maximum absolute atomic E-state index is 13.7. The van der Waals surface area contributed by atoms with Crippen molar-refractivity contribution in [3.63, 3.8) is 0 Å². The van der Waals surface area contributed by atoms with Crippen LogP contribution >= 0.6 is 0 Å². The summed E-state index contributed by atoms with van der Waals surface area (Å²) in [6, 6.07) is 0. The molecular weight excluding hydrogens is 257 g/mol. The maximum Gasteiger partial charge on any atom is 0.167 e. The van der Waals surface area contributed by atoms with Crippen molar-refractivity contribution in [2.45, 2.75) is 24.6 Å². The van der Waals surface area contributed by atoms with E-state index in [0.717, 1.165) is 0 Å². The molecule has 1 aliphatic rings. The summed E-state index contributed by atoms with van der Waals surface area (Å²) >= 11 is 0. The number of rotatable bonds is 2. The summed E-state index contributed by atoms with van der Waals surface area (Å²) in [5.41, 5.74) is 6.32. The molecule has 102 valence electrons. The monoisotopic (exact) mass is 269 g/mol. The highest BCUT2D eigenvalue weighted by Crippen LogP contribution is 2.33. The number of anilines is 1. The van der Waals surface area contributed by atoms with Crippen molar-refractivity contribution in [3.8, 4) is 0 Å². The van der Waals surface area contributed by atoms with Gasteiger partial charge >= 0.3 is 0 Å². The number of aliphatic hydroxyl groups is 2. The van der Waals surface area contributed by atoms with Crippen LogP contribution in [0.2, 0.25) is 0 Å². The minimum atomic E-state index is -1.67. The van der Waals surface area contributed by atoms with Crippen LogP contribution in [0.25, 0.3) is 11.2 Å². The fourth-order valence-corrected chi connectivity index (χ4v) is 2.14. The SMILES string of the molecule is Nc1ncnc2c1ncn2[C@@H]1O[C@H](CO)C(F)[C@@H]1O. The average Bonchev–Trinajstić information content (AvgIpc) is 2.94. The first-order valence-electron chi connectivity index (χ1n) is 5.65. The molecule has 3 heterocycles. The molecule has 0 radical (unpaired) electrons. The zero-order valence-electron chi connectivity index (χ0n) is 9.72. The van der Waals surface area contributed by atoms with Gasteiger partial charge in [0.25, 0.3) is 0 Å². The lowest BCUT2D eigenvalue weighted by Gasteiger charge is -2.15. The fraction of sp³-hybridized carbons (Fsp3) is 0.500. The molecule has 1 saturated heterocycles. The lowest BCUT2D eigenvalue weighted by atomic mass is 10.1. The molecule has 3 rings (SSSR count). The third-order valence-corrected chi connectivity index (χ3v) is 3.13. The molecule has 0 amide bonds. The van der Waals surface area contributed by atoms with Crippen LogP contribution in [-0.4, -0.2) is 54.7 Å². The number of fused-ring (bicyclic) bond motifs is 1. The Morgan fingerprint density at radius 1 is 1.42 bits per heavy atom. The van der Waals surface area contributed by atoms with Crippen LogP contribution in [0, 0.1) is 0 Å². The van der Waals surface area contributed by atoms with E-state index < -0.39 is 31.2 Å². The normalized spacial score (nSPS) is 31.1. The molecule has 0 spiro atoms. The van der Waals surface area contributed by atoms with Crippen molar-refractivity contribution < 1.29 is 19.3 Å². The fourth-order valence-electron chi connectivity index (χ4n) is 2.14. The quantitative estimate of drug-likeness (QED) is 0.639. The molecule has 0 aromatic carbocycles. The molecule has 9 heteroatoms. The number of ether oxygens (including phenoxy) is 1. The number of nitrogens with zero attached hydrogens (tertiary/aromatic N) is 4. The Hall–Kier alpha value is -1.84. The van der Waals surface area contributed by atoms with Gasteiger partial charge in [-0.25, -0.2) is 19.3 Å². The van der Waals surface area contributed by atoms with Crippen molar-refractivity contribution in [2.24, 2.45) is 0 Å². The number of nitrogen functional groups attached to an aromatic ring is 1. The second-order valence-corrected chi connectivity index (χ2v) is 4.27. The number of imidazole rings is 1. The van der Waals surface area contributed by atoms with Crippen LogP contribution in [0.5, 0.6) is 0 Å². The van der Waals surface area contributed by atoms with E-state index in [4.69, 9.17) is 15.6 Å². The predicted octanol–water partition coefficient (Wildman–Crippen LogP) is -1.00. The predicted molar refractivity (Wildman–Crippen MR) is 61.6 cm³/mol. The molecule has 2 aromatic rings. The van der Waals surface area contributed by atoms with Crippen LogP contribution < -0.4 is 5.73 Å². The Labute approximate surface area is 106 Å². The van der Waals surface area contributed by atoms with Crippen LogP contribution in [0.3, 0.4) is 0 Å². The third kappa shape index (κ3) is 1.74. The lowest BCUT2D eigenvalue weighted by molar-refractivity contribution is -0.0495. The number of alkyl halides is 1. The van der Waals surface area contributed by atoms with Crippen LogP contribution in [0.4, 0.5) is 10.2 Å². The van der Waals surface area contributed by atoms with Gasteiger partial charge in [-0.2, -0.15) is 0 Å². The zero-order chi connectivity index (χ0) is 13.6. The Balaban J connectivity index is 2.04. The minimum absolute atomic E-state index is 0.187. The van der Waals surface area contributed by atoms with Crippen LogP contribution in [0.15, 0.2) is 12.7 Å². The Kier molecular flexibility index (Phi) is 2.81. The summed E-state index contributed by atoms with van der Waals surface area (Å²) in [7, 11) is 0. The van der Waals surface area contributed by atoms with E-state index in [9.17, 15) is 9.50 Å². The van der Waals surface area contributed by atoms with Gasteiger partial charge in [-0.15, -0.1) is 0 Å². The van der Waals surface area contributed by atoms with Gasteiger partial charge in [0.05, 0.1) is 12.9 Å². The van der Waals surface area contributed by atoms with E-state index in [2.05, 4.69) is 15.0 Å². The molecule has 1 fully saturated rings. The molecule has 2 aromatic heterocycles. The van der Waals surface area contributed by atoms with Gasteiger partial charge in [0.15, 0.2) is 23.9 Å². The first kappa shape index (κ1) is 12.2. The summed E-state index contributed by atoms with van der Waals surface area (Å²) in [5, 5.41) is 18.8. The van der Waals surface area contributed by atoms with E-state index >= 15 is 0 Å².